The van der Waals surface area contributed by atoms with E-state index in [9.17, 15) is 39.6 Å². The highest BCUT2D eigenvalue weighted by Gasteiger charge is 2.36. The predicted molar refractivity (Wildman–Crippen MR) is 110 cm³/mol. The second-order valence-electron chi connectivity index (χ2n) is 6.72. The largest absolute Gasteiger partial charge is 0.573 e. The Hall–Kier alpha value is -3.59. The highest BCUT2D eigenvalue weighted by atomic mass is 32.2. The second-order valence-corrected chi connectivity index (χ2v) is 8.37. The molecule has 15 heteroatoms. The fourth-order valence-corrected chi connectivity index (χ4v) is 4.09. The fraction of sp³-hybridized carbons (Fsp3) is 0.200. The molecule has 2 aromatic carbocycles. The zero-order chi connectivity index (χ0) is 26.0. The standard InChI is InChI=1S/C20H15F6N3O5S/c1-2-33-18(30)13-10-27-14-8-7-11(34-20(24,25)26)9-12(14)17(13)28-15-5-3-4-6-16(15)35(31,32)29-19(21,22)23/h3-10,29H,2H2,1H3,(H,27,28). The number of benzene rings is 2. The van der Waals surface area contributed by atoms with E-state index < -0.39 is 45.0 Å². The Bertz CT molecular complexity index is 1360. The van der Waals surface area contributed by atoms with Crippen LogP contribution in [0.5, 0.6) is 5.75 Å². The molecule has 0 saturated heterocycles. The molecule has 2 N–H and O–H groups in total. The highest BCUT2D eigenvalue weighted by molar-refractivity contribution is 7.89. The van der Waals surface area contributed by atoms with Crippen molar-refractivity contribution in [2.24, 2.45) is 0 Å². The number of carbonyl (C=O) groups is 1. The number of alkyl halides is 6. The maximum absolute atomic E-state index is 12.8. The van der Waals surface area contributed by atoms with Gasteiger partial charge in [0.05, 0.1) is 23.5 Å². The number of pyridine rings is 1. The molecular formula is C20H15F6N3O5S. The van der Waals surface area contributed by atoms with E-state index in [1.54, 1.807) is 0 Å². The lowest BCUT2D eigenvalue weighted by Crippen LogP contribution is -2.37. The van der Waals surface area contributed by atoms with Crippen molar-refractivity contribution < 1.29 is 49.0 Å². The first-order valence-electron chi connectivity index (χ1n) is 9.52. The average molecular weight is 523 g/mol. The van der Waals surface area contributed by atoms with Gasteiger partial charge < -0.3 is 14.8 Å². The summed E-state index contributed by atoms with van der Waals surface area (Å²) in [5, 5.41) is 2.41. The van der Waals surface area contributed by atoms with Gasteiger partial charge in [-0.3, -0.25) is 4.98 Å². The van der Waals surface area contributed by atoms with Crippen molar-refractivity contribution in [2.75, 3.05) is 11.9 Å². The van der Waals surface area contributed by atoms with Gasteiger partial charge in [0.2, 0.25) is 10.0 Å². The van der Waals surface area contributed by atoms with Crippen molar-refractivity contribution in [3.8, 4) is 5.75 Å². The quantitative estimate of drug-likeness (QED) is 0.259. The Morgan fingerprint density at radius 3 is 2.37 bits per heavy atom. The summed E-state index contributed by atoms with van der Waals surface area (Å²) in [6.45, 7) is 1.40. The van der Waals surface area contributed by atoms with Crippen molar-refractivity contribution in [2.45, 2.75) is 24.5 Å². The Morgan fingerprint density at radius 2 is 1.74 bits per heavy atom. The molecule has 35 heavy (non-hydrogen) atoms. The highest BCUT2D eigenvalue weighted by Crippen LogP contribution is 2.35. The summed E-state index contributed by atoms with van der Waals surface area (Å²) in [4.78, 5) is 15.6. The van der Waals surface area contributed by atoms with Crippen LogP contribution >= 0.6 is 0 Å². The Morgan fingerprint density at radius 1 is 1.06 bits per heavy atom. The van der Waals surface area contributed by atoms with Crippen LogP contribution in [0.3, 0.4) is 0 Å². The van der Waals surface area contributed by atoms with Crippen molar-refractivity contribution >= 4 is 38.3 Å². The number of aromatic nitrogens is 1. The van der Waals surface area contributed by atoms with Crippen LogP contribution in [-0.2, 0) is 14.8 Å². The normalized spacial score (nSPS) is 12.4. The topological polar surface area (TPSA) is 107 Å². The molecule has 1 aromatic heterocycles. The molecule has 0 bridgehead atoms. The van der Waals surface area contributed by atoms with E-state index in [1.165, 1.54) is 13.0 Å². The molecule has 0 fully saturated rings. The molecule has 1 heterocycles. The van der Waals surface area contributed by atoms with Crippen molar-refractivity contribution in [1.82, 2.24) is 9.71 Å². The molecular weight excluding hydrogens is 508 g/mol. The van der Waals surface area contributed by atoms with Crippen LogP contribution in [0.1, 0.15) is 17.3 Å². The van der Waals surface area contributed by atoms with E-state index in [-0.39, 0.29) is 28.8 Å². The Labute approximate surface area is 193 Å². The lowest BCUT2D eigenvalue weighted by atomic mass is 10.1. The van der Waals surface area contributed by atoms with Crippen LogP contribution in [0.15, 0.2) is 53.6 Å². The molecule has 0 aliphatic carbocycles. The molecule has 0 atom stereocenters. The maximum atomic E-state index is 12.8. The van der Waals surface area contributed by atoms with Crippen molar-refractivity contribution in [3.05, 3.63) is 54.2 Å². The Kier molecular flexibility index (Phi) is 7.12. The first-order chi connectivity index (χ1) is 16.2. The van der Waals surface area contributed by atoms with Gasteiger partial charge in [0.1, 0.15) is 16.2 Å². The second kappa shape index (κ2) is 9.58. The number of halogens is 6. The lowest BCUT2D eigenvalue weighted by molar-refractivity contribution is -0.274. The van der Waals surface area contributed by atoms with Crippen LogP contribution in [0.2, 0.25) is 0 Å². The third-order valence-electron chi connectivity index (χ3n) is 4.25. The molecule has 0 radical (unpaired) electrons. The van der Waals surface area contributed by atoms with E-state index in [1.807, 2.05) is 0 Å². The van der Waals surface area contributed by atoms with Crippen LogP contribution in [0.4, 0.5) is 37.7 Å². The summed E-state index contributed by atoms with van der Waals surface area (Å²) in [5.74, 6) is -1.66. The number of nitrogens with zero attached hydrogens (tertiary/aromatic N) is 1. The van der Waals surface area contributed by atoms with Gasteiger partial charge in [0.25, 0.3) is 0 Å². The summed E-state index contributed by atoms with van der Waals surface area (Å²) in [7, 11) is -5.14. The van der Waals surface area contributed by atoms with Gasteiger partial charge in [-0.1, -0.05) is 12.1 Å². The lowest BCUT2D eigenvalue weighted by Gasteiger charge is -2.18. The van der Waals surface area contributed by atoms with Gasteiger partial charge in [-0.25, -0.2) is 13.2 Å². The SMILES string of the molecule is CCOC(=O)c1cnc2ccc(OC(F)(F)F)cc2c1Nc1ccccc1S(=O)(=O)NC(F)(F)F. The smallest absolute Gasteiger partial charge is 0.462 e. The third kappa shape index (κ3) is 6.51. The molecule has 0 aliphatic heterocycles. The third-order valence-corrected chi connectivity index (χ3v) is 5.69. The predicted octanol–water partition coefficient (Wildman–Crippen LogP) is 4.85. The van der Waals surface area contributed by atoms with Crippen molar-refractivity contribution in [3.63, 3.8) is 0 Å². The monoisotopic (exact) mass is 523 g/mol. The number of nitrogens with one attached hydrogen (secondary N) is 2. The van der Waals surface area contributed by atoms with Gasteiger partial charge in [-0.2, -0.15) is 13.2 Å². The van der Waals surface area contributed by atoms with Gasteiger partial charge in [-0.15, -0.1) is 17.9 Å². The molecule has 188 valence electrons. The van der Waals surface area contributed by atoms with E-state index >= 15 is 0 Å². The number of ether oxygens (including phenoxy) is 2. The van der Waals surface area contributed by atoms with Crippen LogP contribution in [-0.4, -0.2) is 38.6 Å². The number of sulfonamides is 1. The molecule has 3 rings (SSSR count). The zero-order valence-corrected chi connectivity index (χ0v) is 18.3. The summed E-state index contributed by atoms with van der Waals surface area (Å²) in [5.41, 5.74) is -0.941. The van der Waals surface area contributed by atoms with E-state index in [2.05, 4.69) is 15.0 Å². The zero-order valence-electron chi connectivity index (χ0n) is 17.5. The molecule has 3 aromatic rings. The number of hydrogen-bond acceptors (Lipinski definition) is 7. The average Bonchev–Trinajstić information content (AvgIpc) is 2.71. The van der Waals surface area contributed by atoms with E-state index in [4.69, 9.17) is 4.74 Å². The maximum Gasteiger partial charge on any atom is 0.573 e. The molecule has 0 amide bonds. The minimum absolute atomic E-state index is 0.0591. The first kappa shape index (κ1) is 26.0. The molecule has 8 nitrogen and oxygen atoms in total. The number of fused-ring (bicyclic) bond motifs is 1. The van der Waals surface area contributed by atoms with Crippen LogP contribution in [0.25, 0.3) is 10.9 Å². The Balaban J connectivity index is 2.22. The summed E-state index contributed by atoms with van der Waals surface area (Å²) in [6.07, 6.45) is -9.30. The van der Waals surface area contributed by atoms with E-state index in [0.29, 0.717) is 4.72 Å². The summed E-state index contributed by atoms with van der Waals surface area (Å²) < 4.78 is 110. The first-order valence-corrected chi connectivity index (χ1v) is 11.0. The fourth-order valence-electron chi connectivity index (χ4n) is 3.01. The minimum atomic E-state index is -5.28. The van der Waals surface area contributed by atoms with Crippen molar-refractivity contribution in [1.29, 1.82) is 0 Å². The molecule has 0 aliphatic rings. The summed E-state index contributed by atoms with van der Waals surface area (Å²) >= 11 is 0. The van der Waals surface area contributed by atoms with Gasteiger partial charge in [0.15, 0.2) is 0 Å². The summed E-state index contributed by atoms with van der Waals surface area (Å²) in [6, 6.07) is 7.39. The number of carbonyl (C=O) groups excluding carboxylic acids is 1. The molecule has 0 saturated carbocycles. The number of para-hydroxylation sites is 1. The van der Waals surface area contributed by atoms with Crippen LogP contribution in [0, 0.1) is 0 Å². The molecule has 0 unspecified atom stereocenters. The number of hydrogen-bond donors (Lipinski definition) is 2. The minimum Gasteiger partial charge on any atom is -0.462 e. The van der Waals surface area contributed by atoms with E-state index in [0.717, 1.165) is 42.6 Å². The van der Waals surface area contributed by atoms with Crippen LogP contribution < -0.4 is 14.8 Å². The number of esters is 1. The molecule has 0 spiro atoms. The van der Waals surface area contributed by atoms with Gasteiger partial charge in [0, 0.05) is 11.6 Å². The number of anilines is 2. The van der Waals surface area contributed by atoms with Gasteiger partial charge >= 0.3 is 18.6 Å². The number of rotatable bonds is 7. The van der Waals surface area contributed by atoms with Gasteiger partial charge in [-0.05, 0) is 37.3 Å².